The van der Waals surface area contributed by atoms with Crippen LogP contribution in [-0.2, 0) is 18.4 Å². The smallest absolute Gasteiger partial charge is 0.185 e. The summed E-state index contributed by atoms with van der Waals surface area (Å²) in [4.78, 5) is 13.6. The van der Waals surface area contributed by atoms with Crippen molar-refractivity contribution in [2.75, 3.05) is 6.54 Å². The number of hydrogen-bond donors (Lipinski definition) is 2. The first-order valence-electron chi connectivity index (χ1n) is 14.0. The van der Waals surface area contributed by atoms with Gasteiger partial charge in [-0.2, -0.15) is 5.10 Å². The summed E-state index contributed by atoms with van der Waals surface area (Å²) in [5.74, 6) is 0.815. The lowest BCUT2D eigenvalue weighted by Gasteiger charge is -2.23. The van der Waals surface area contributed by atoms with Gasteiger partial charge in [0.2, 0.25) is 0 Å². The van der Waals surface area contributed by atoms with Crippen LogP contribution in [0, 0.1) is 12.8 Å². The molecular weight excluding hydrogens is 480 g/mol. The molecule has 1 aromatic heterocycles. The lowest BCUT2D eigenvalue weighted by Crippen LogP contribution is -2.25. The first-order chi connectivity index (χ1) is 18.7. The second-order valence-electron chi connectivity index (χ2n) is 12.0. The molecular formula is C34H40N4O. The molecule has 39 heavy (non-hydrogen) atoms. The minimum atomic E-state index is 0.0444. The van der Waals surface area contributed by atoms with E-state index in [0.717, 1.165) is 35.0 Å². The van der Waals surface area contributed by atoms with E-state index in [2.05, 4.69) is 73.7 Å². The van der Waals surface area contributed by atoms with Crippen LogP contribution in [0.5, 0.6) is 0 Å². The molecule has 5 heteroatoms. The second-order valence-corrected chi connectivity index (χ2v) is 12.0. The number of Topliss-reactive ketones (excluding diaryl/α,β-unsaturated/α-hetero) is 1. The quantitative estimate of drug-likeness (QED) is 0.236. The topological polar surface area (TPSA) is 72.9 Å². The third-order valence-corrected chi connectivity index (χ3v) is 7.57. The molecule has 3 N–H and O–H groups in total. The number of nitrogens with two attached hydrogens (primary N) is 1. The summed E-state index contributed by atoms with van der Waals surface area (Å²) in [6.45, 7) is 10.1. The minimum Gasteiger partial charge on any atom is -0.326 e. The molecule has 5 nitrogen and oxygen atoms in total. The summed E-state index contributed by atoms with van der Waals surface area (Å²) in [6.07, 6.45) is 2.92. The average Bonchev–Trinajstić information content (AvgIpc) is 3.67. The van der Waals surface area contributed by atoms with E-state index in [1.54, 1.807) is 4.68 Å². The van der Waals surface area contributed by atoms with Gasteiger partial charge in [0.05, 0.1) is 17.4 Å². The Morgan fingerprint density at radius 2 is 1.69 bits per heavy atom. The number of carbonyl (C=O) groups is 1. The summed E-state index contributed by atoms with van der Waals surface area (Å²) < 4.78 is 1.75. The lowest BCUT2D eigenvalue weighted by molar-refractivity contribution is 0.0985. The van der Waals surface area contributed by atoms with Crippen LogP contribution in [0.1, 0.15) is 83.7 Å². The molecule has 0 radical (unpaired) electrons. The number of rotatable bonds is 10. The van der Waals surface area contributed by atoms with Gasteiger partial charge in [0.1, 0.15) is 5.69 Å². The number of benzene rings is 3. The zero-order valence-corrected chi connectivity index (χ0v) is 23.6. The van der Waals surface area contributed by atoms with E-state index in [1.165, 1.54) is 29.5 Å². The summed E-state index contributed by atoms with van der Waals surface area (Å²) in [7, 11) is 0. The van der Waals surface area contributed by atoms with E-state index in [4.69, 9.17) is 5.73 Å². The van der Waals surface area contributed by atoms with Gasteiger partial charge < -0.3 is 11.1 Å². The first-order valence-corrected chi connectivity index (χ1v) is 14.0. The van der Waals surface area contributed by atoms with Crippen LogP contribution >= 0.6 is 0 Å². The van der Waals surface area contributed by atoms with E-state index in [9.17, 15) is 4.79 Å². The van der Waals surface area contributed by atoms with Gasteiger partial charge >= 0.3 is 0 Å². The lowest BCUT2D eigenvalue weighted by atomic mass is 9.85. The Balaban J connectivity index is 1.40. The summed E-state index contributed by atoms with van der Waals surface area (Å²) in [5, 5.41) is 8.44. The molecule has 0 aliphatic heterocycles. The van der Waals surface area contributed by atoms with Gasteiger partial charge in [-0.05, 0) is 83.7 Å². The molecule has 1 saturated carbocycles. The molecule has 0 bridgehead atoms. The largest absolute Gasteiger partial charge is 0.326 e. The monoisotopic (exact) mass is 520 g/mol. The molecule has 202 valence electrons. The van der Waals surface area contributed by atoms with Gasteiger partial charge in [0.25, 0.3) is 0 Å². The van der Waals surface area contributed by atoms with Gasteiger partial charge in [-0.3, -0.25) is 4.79 Å². The molecule has 0 amide bonds. The summed E-state index contributed by atoms with van der Waals surface area (Å²) >= 11 is 0. The number of aryl methyl sites for hydroxylation is 1. The number of carbonyl (C=O) groups excluding carboxylic acids is 1. The fourth-order valence-electron chi connectivity index (χ4n) is 5.08. The van der Waals surface area contributed by atoms with E-state index in [-0.39, 0.29) is 17.2 Å². The van der Waals surface area contributed by atoms with Crippen LogP contribution < -0.4 is 11.1 Å². The van der Waals surface area contributed by atoms with Crippen molar-refractivity contribution < 1.29 is 4.79 Å². The maximum atomic E-state index is 13.6. The Kier molecular flexibility index (Phi) is 7.83. The Hall–Kier alpha value is -3.54. The molecule has 1 unspecified atom stereocenters. The number of aromatic nitrogens is 2. The third kappa shape index (κ3) is 6.55. The average molecular weight is 521 g/mol. The first kappa shape index (κ1) is 27.0. The predicted molar refractivity (Wildman–Crippen MR) is 158 cm³/mol. The van der Waals surface area contributed by atoms with E-state index >= 15 is 0 Å². The minimum absolute atomic E-state index is 0.0444. The Morgan fingerprint density at radius 1 is 0.974 bits per heavy atom. The molecule has 1 fully saturated rings. The van der Waals surface area contributed by atoms with Crippen LogP contribution in [-0.4, -0.2) is 22.1 Å². The van der Waals surface area contributed by atoms with Crippen molar-refractivity contribution in [3.63, 3.8) is 0 Å². The highest BCUT2D eigenvalue weighted by Gasteiger charge is 2.24. The second kappa shape index (κ2) is 11.3. The maximum absolute atomic E-state index is 13.6. The van der Waals surface area contributed by atoms with Crippen molar-refractivity contribution in [2.45, 2.75) is 65.0 Å². The fourth-order valence-corrected chi connectivity index (χ4v) is 5.08. The predicted octanol–water partition coefficient (Wildman–Crippen LogP) is 6.45. The van der Waals surface area contributed by atoms with Crippen molar-refractivity contribution in [3.05, 3.63) is 118 Å². The standard InChI is InChI=1S/C34H40N4O/c1-23-17-31(38(37-23)30-10-6-8-26(19-30)21-35)32(39)20-25-7-5-9-28(18-25)33(36-22-24-11-12-24)27-13-15-29(16-14-27)34(2,3)4/h5-10,13-19,24,33,36H,11-12,20-22,35H2,1-4H3. The number of ketones is 1. The highest BCUT2D eigenvalue weighted by molar-refractivity contribution is 5.96. The van der Waals surface area contributed by atoms with Crippen LogP contribution in [0.3, 0.4) is 0 Å². The molecule has 4 aromatic rings. The Bertz CT molecular complexity index is 1440. The van der Waals surface area contributed by atoms with Crippen molar-refractivity contribution >= 4 is 5.78 Å². The SMILES string of the molecule is Cc1cc(C(=O)Cc2cccc(C(NCC3CC3)c3ccc(C(C)(C)C)cc3)c2)n(-c2cccc(CN)c2)n1. The van der Waals surface area contributed by atoms with E-state index in [1.807, 2.05) is 43.3 Å². The zero-order chi connectivity index (χ0) is 27.6. The fraction of sp³-hybridized carbons (Fsp3) is 0.353. The summed E-state index contributed by atoms with van der Waals surface area (Å²) in [6, 6.07) is 27.3. The number of hydrogen-bond acceptors (Lipinski definition) is 4. The molecule has 0 spiro atoms. The van der Waals surface area contributed by atoms with Crippen molar-refractivity contribution in [1.82, 2.24) is 15.1 Å². The third-order valence-electron chi connectivity index (χ3n) is 7.57. The van der Waals surface area contributed by atoms with Gasteiger partial charge in [-0.15, -0.1) is 0 Å². The van der Waals surface area contributed by atoms with Gasteiger partial charge in [-0.25, -0.2) is 4.68 Å². The van der Waals surface area contributed by atoms with Gasteiger partial charge in [0.15, 0.2) is 5.78 Å². The van der Waals surface area contributed by atoms with Crippen LogP contribution in [0.15, 0.2) is 78.9 Å². The normalized spacial score (nSPS) is 14.4. The van der Waals surface area contributed by atoms with Crippen LogP contribution in [0.25, 0.3) is 5.69 Å². The van der Waals surface area contributed by atoms with E-state index < -0.39 is 0 Å². The Morgan fingerprint density at radius 3 is 2.38 bits per heavy atom. The molecule has 5 rings (SSSR count). The number of nitrogens with one attached hydrogen (secondary N) is 1. The van der Waals surface area contributed by atoms with Crippen LogP contribution in [0.2, 0.25) is 0 Å². The van der Waals surface area contributed by atoms with Gasteiger partial charge in [0, 0.05) is 13.0 Å². The van der Waals surface area contributed by atoms with Crippen molar-refractivity contribution in [2.24, 2.45) is 11.7 Å². The van der Waals surface area contributed by atoms with Crippen molar-refractivity contribution in [1.29, 1.82) is 0 Å². The zero-order valence-electron chi connectivity index (χ0n) is 23.6. The Labute approximate surface area is 232 Å². The van der Waals surface area contributed by atoms with Gasteiger partial charge in [-0.1, -0.05) is 81.4 Å². The van der Waals surface area contributed by atoms with Crippen LogP contribution in [0.4, 0.5) is 0 Å². The molecule has 1 aliphatic rings. The molecule has 3 aromatic carbocycles. The maximum Gasteiger partial charge on any atom is 0.185 e. The molecule has 1 heterocycles. The molecule has 1 atom stereocenters. The van der Waals surface area contributed by atoms with Crippen molar-refractivity contribution in [3.8, 4) is 5.69 Å². The number of nitrogens with zero attached hydrogens (tertiary/aromatic N) is 2. The molecule has 0 saturated heterocycles. The highest BCUT2D eigenvalue weighted by atomic mass is 16.1. The van der Waals surface area contributed by atoms with E-state index in [0.29, 0.717) is 18.7 Å². The summed E-state index contributed by atoms with van der Waals surface area (Å²) in [5.41, 5.74) is 14.0. The molecule has 1 aliphatic carbocycles. The highest BCUT2D eigenvalue weighted by Crippen LogP contribution is 2.31.